The molecule has 1 fully saturated rings. The number of hydrogen-bond acceptors (Lipinski definition) is 2. The number of nitrogens with one attached hydrogen (secondary N) is 2. The number of rotatable bonds is 4. The SMILES string of the molecule is CC(CC1CCCN1)Nc1ccc(Cl)c(F)c1. The van der Waals surface area contributed by atoms with Gasteiger partial charge in [0.15, 0.2) is 0 Å². The average Bonchev–Trinajstić information content (AvgIpc) is 2.76. The fraction of sp³-hybridized carbons (Fsp3) is 0.538. The summed E-state index contributed by atoms with van der Waals surface area (Å²) >= 11 is 5.64. The van der Waals surface area contributed by atoms with E-state index in [0.717, 1.165) is 18.7 Å². The van der Waals surface area contributed by atoms with Crippen molar-refractivity contribution in [2.24, 2.45) is 0 Å². The van der Waals surface area contributed by atoms with Crippen LogP contribution in [0.3, 0.4) is 0 Å². The Hall–Kier alpha value is -0.800. The molecule has 0 aromatic heterocycles. The molecule has 1 saturated heterocycles. The van der Waals surface area contributed by atoms with Gasteiger partial charge in [0.05, 0.1) is 5.02 Å². The summed E-state index contributed by atoms with van der Waals surface area (Å²) in [6.45, 7) is 3.24. The van der Waals surface area contributed by atoms with Crippen molar-refractivity contribution in [1.82, 2.24) is 5.32 Å². The maximum absolute atomic E-state index is 13.3. The Morgan fingerprint density at radius 3 is 3.06 bits per heavy atom. The molecule has 1 aliphatic heterocycles. The van der Waals surface area contributed by atoms with Crippen molar-refractivity contribution in [3.63, 3.8) is 0 Å². The van der Waals surface area contributed by atoms with Crippen LogP contribution >= 0.6 is 11.6 Å². The van der Waals surface area contributed by atoms with Crippen LogP contribution in [0, 0.1) is 5.82 Å². The fourth-order valence-electron chi connectivity index (χ4n) is 2.31. The largest absolute Gasteiger partial charge is 0.382 e. The average molecular weight is 257 g/mol. The molecule has 1 aromatic rings. The van der Waals surface area contributed by atoms with E-state index >= 15 is 0 Å². The smallest absolute Gasteiger partial charge is 0.143 e. The lowest BCUT2D eigenvalue weighted by molar-refractivity contribution is 0.523. The van der Waals surface area contributed by atoms with E-state index in [4.69, 9.17) is 11.6 Å². The van der Waals surface area contributed by atoms with Crippen LogP contribution in [0.15, 0.2) is 18.2 Å². The third-order valence-electron chi connectivity index (χ3n) is 3.13. The molecular weight excluding hydrogens is 239 g/mol. The van der Waals surface area contributed by atoms with E-state index < -0.39 is 0 Å². The van der Waals surface area contributed by atoms with Crippen LogP contribution in [0.4, 0.5) is 10.1 Å². The molecule has 1 aromatic carbocycles. The molecule has 2 unspecified atom stereocenters. The third-order valence-corrected chi connectivity index (χ3v) is 3.44. The zero-order chi connectivity index (χ0) is 12.3. The van der Waals surface area contributed by atoms with Gasteiger partial charge in [-0.3, -0.25) is 0 Å². The quantitative estimate of drug-likeness (QED) is 0.863. The Morgan fingerprint density at radius 1 is 1.59 bits per heavy atom. The molecule has 2 atom stereocenters. The van der Waals surface area contributed by atoms with Crippen LogP contribution in [-0.2, 0) is 0 Å². The minimum Gasteiger partial charge on any atom is -0.382 e. The molecule has 4 heteroatoms. The Kier molecular flexibility index (Phi) is 4.24. The molecule has 1 aliphatic rings. The zero-order valence-corrected chi connectivity index (χ0v) is 10.7. The van der Waals surface area contributed by atoms with E-state index in [0.29, 0.717) is 12.1 Å². The highest BCUT2D eigenvalue weighted by atomic mass is 35.5. The highest BCUT2D eigenvalue weighted by molar-refractivity contribution is 6.30. The molecular formula is C13H18ClFN2. The van der Waals surface area contributed by atoms with E-state index in [1.54, 1.807) is 6.07 Å². The number of benzene rings is 1. The Bertz CT molecular complexity index is 378. The van der Waals surface area contributed by atoms with Crippen molar-refractivity contribution >= 4 is 17.3 Å². The van der Waals surface area contributed by atoms with Crippen LogP contribution in [0.25, 0.3) is 0 Å². The predicted octanol–water partition coefficient (Wildman–Crippen LogP) is 3.42. The molecule has 0 radical (unpaired) electrons. The van der Waals surface area contributed by atoms with Gasteiger partial charge in [-0.15, -0.1) is 0 Å². The first-order valence-corrected chi connectivity index (χ1v) is 6.48. The first-order chi connectivity index (χ1) is 8.15. The summed E-state index contributed by atoms with van der Waals surface area (Å²) in [6, 6.07) is 5.76. The van der Waals surface area contributed by atoms with Gasteiger partial charge in [-0.05, 0) is 50.9 Å². The van der Waals surface area contributed by atoms with Crippen LogP contribution in [-0.4, -0.2) is 18.6 Å². The molecule has 94 valence electrons. The predicted molar refractivity (Wildman–Crippen MR) is 70.1 cm³/mol. The van der Waals surface area contributed by atoms with E-state index in [1.165, 1.54) is 18.9 Å². The molecule has 1 heterocycles. The van der Waals surface area contributed by atoms with Gasteiger partial charge < -0.3 is 10.6 Å². The van der Waals surface area contributed by atoms with Gasteiger partial charge in [0.25, 0.3) is 0 Å². The number of anilines is 1. The lowest BCUT2D eigenvalue weighted by atomic mass is 10.1. The van der Waals surface area contributed by atoms with Gasteiger partial charge in [-0.25, -0.2) is 4.39 Å². The van der Waals surface area contributed by atoms with Crippen LogP contribution in [0.5, 0.6) is 0 Å². The summed E-state index contributed by atoms with van der Waals surface area (Å²) in [7, 11) is 0. The first kappa shape index (κ1) is 12.7. The molecule has 0 spiro atoms. The van der Waals surface area contributed by atoms with Gasteiger partial charge >= 0.3 is 0 Å². The Labute approximate surface area is 107 Å². The van der Waals surface area contributed by atoms with Crippen molar-refractivity contribution < 1.29 is 4.39 Å². The summed E-state index contributed by atoms with van der Waals surface area (Å²) in [6.07, 6.45) is 3.55. The Balaban J connectivity index is 1.88. The van der Waals surface area contributed by atoms with Crippen molar-refractivity contribution in [2.75, 3.05) is 11.9 Å². The molecule has 2 nitrogen and oxygen atoms in total. The lowest BCUT2D eigenvalue weighted by Crippen LogP contribution is -2.29. The van der Waals surface area contributed by atoms with Crippen LogP contribution in [0.1, 0.15) is 26.2 Å². The van der Waals surface area contributed by atoms with Crippen molar-refractivity contribution in [3.8, 4) is 0 Å². The van der Waals surface area contributed by atoms with Gasteiger partial charge in [-0.1, -0.05) is 11.6 Å². The fourth-order valence-corrected chi connectivity index (χ4v) is 2.43. The second-order valence-corrected chi connectivity index (χ2v) is 5.11. The lowest BCUT2D eigenvalue weighted by Gasteiger charge is -2.19. The maximum Gasteiger partial charge on any atom is 0.143 e. The van der Waals surface area contributed by atoms with Crippen molar-refractivity contribution in [3.05, 3.63) is 29.0 Å². The molecule has 0 aliphatic carbocycles. The summed E-state index contributed by atoms with van der Waals surface area (Å²) in [4.78, 5) is 0. The molecule has 0 bridgehead atoms. The highest BCUT2D eigenvalue weighted by Crippen LogP contribution is 2.20. The van der Waals surface area contributed by atoms with E-state index in [2.05, 4.69) is 17.6 Å². The van der Waals surface area contributed by atoms with Gasteiger partial charge in [0.2, 0.25) is 0 Å². The van der Waals surface area contributed by atoms with Crippen LogP contribution < -0.4 is 10.6 Å². The maximum atomic E-state index is 13.3. The minimum atomic E-state index is -0.372. The third kappa shape index (κ3) is 3.58. The second-order valence-electron chi connectivity index (χ2n) is 4.70. The summed E-state index contributed by atoms with van der Waals surface area (Å²) in [5.41, 5.74) is 0.789. The summed E-state index contributed by atoms with van der Waals surface area (Å²) in [5.74, 6) is -0.372. The summed E-state index contributed by atoms with van der Waals surface area (Å²) < 4.78 is 13.3. The van der Waals surface area contributed by atoms with E-state index in [1.807, 2.05) is 6.07 Å². The topological polar surface area (TPSA) is 24.1 Å². The molecule has 2 N–H and O–H groups in total. The zero-order valence-electron chi connectivity index (χ0n) is 9.97. The van der Waals surface area contributed by atoms with E-state index in [9.17, 15) is 4.39 Å². The normalized spacial score (nSPS) is 21.5. The van der Waals surface area contributed by atoms with Crippen molar-refractivity contribution in [2.45, 2.75) is 38.3 Å². The van der Waals surface area contributed by atoms with Gasteiger partial charge in [0.1, 0.15) is 5.82 Å². The minimum absolute atomic E-state index is 0.167. The highest BCUT2D eigenvalue weighted by Gasteiger charge is 2.16. The monoisotopic (exact) mass is 256 g/mol. The van der Waals surface area contributed by atoms with E-state index in [-0.39, 0.29) is 10.8 Å². The van der Waals surface area contributed by atoms with Gasteiger partial charge in [0, 0.05) is 17.8 Å². The molecule has 0 saturated carbocycles. The van der Waals surface area contributed by atoms with Gasteiger partial charge in [-0.2, -0.15) is 0 Å². The standard InChI is InChI=1S/C13H18ClFN2/c1-9(7-10-3-2-6-16-10)17-11-4-5-12(14)13(15)8-11/h4-5,8-10,16-17H,2-3,6-7H2,1H3. The summed E-state index contributed by atoms with van der Waals surface area (Å²) in [5, 5.41) is 6.92. The number of halogens is 2. The first-order valence-electron chi connectivity index (χ1n) is 6.10. The molecule has 2 rings (SSSR count). The van der Waals surface area contributed by atoms with Crippen molar-refractivity contribution in [1.29, 1.82) is 0 Å². The van der Waals surface area contributed by atoms with Crippen LogP contribution in [0.2, 0.25) is 5.02 Å². The molecule has 17 heavy (non-hydrogen) atoms. The Morgan fingerprint density at radius 2 is 2.41 bits per heavy atom. The number of hydrogen-bond donors (Lipinski definition) is 2. The molecule has 0 amide bonds. The second kappa shape index (κ2) is 5.69.